The van der Waals surface area contributed by atoms with Crippen molar-refractivity contribution in [1.82, 2.24) is 4.90 Å². The molecule has 5 atom stereocenters. The minimum absolute atomic E-state index is 0.0624. The summed E-state index contributed by atoms with van der Waals surface area (Å²) < 4.78 is 16.6. The van der Waals surface area contributed by atoms with E-state index in [0.717, 1.165) is 57.7 Å². The van der Waals surface area contributed by atoms with Gasteiger partial charge in [0.1, 0.15) is 12.4 Å². The van der Waals surface area contributed by atoms with Crippen LogP contribution in [0.15, 0.2) is 36.4 Å². The zero-order chi connectivity index (χ0) is 25.8. The van der Waals surface area contributed by atoms with E-state index in [1.165, 1.54) is 0 Å². The zero-order valence-electron chi connectivity index (χ0n) is 21.4. The van der Waals surface area contributed by atoms with E-state index < -0.39 is 12.2 Å². The fourth-order valence-electron chi connectivity index (χ4n) is 4.87. The summed E-state index contributed by atoms with van der Waals surface area (Å²) in [7, 11) is 0. The van der Waals surface area contributed by atoms with Gasteiger partial charge in [0, 0.05) is 37.4 Å². The number of hydrogen-bond acceptors (Lipinski definition) is 7. The number of morpholine rings is 1. The highest BCUT2D eigenvalue weighted by atomic mass is 35.5. The van der Waals surface area contributed by atoms with Gasteiger partial charge in [-0.3, -0.25) is 9.69 Å². The second-order valence-corrected chi connectivity index (χ2v) is 10.3. The summed E-state index contributed by atoms with van der Waals surface area (Å²) in [5.41, 5.74) is 0.884. The third-order valence-corrected chi connectivity index (χ3v) is 7.61. The van der Waals surface area contributed by atoms with Crippen molar-refractivity contribution in [1.29, 1.82) is 0 Å². The molecule has 0 bridgehead atoms. The van der Waals surface area contributed by atoms with Crippen LogP contribution in [0.1, 0.15) is 57.1 Å². The fraction of sp³-hybridized carbons (Fsp3) is 0.679. The molecular formula is C28H42ClNO6. The number of rotatable bonds is 14. The van der Waals surface area contributed by atoms with Crippen LogP contribution < -0.4 is 4.74 Å². The maximum Gasteiger partial charge on any atom is 0.306 e. The van der Waals surface area contributed by atoms with E-state index >= 15 is 0 Å². The molecule has 1 saturated heterocycles. The monoisotopic (exact) mass is 523 g/mol. The molecule has 202 valence electrons. The van der Waals surface area contributed by atoms with Crippen LogP contribution in [-0.2, 0) is 14.3 Å². The first-order chi connectivity index (χ1) is 17.5. The number of alkyl halides is 1. The van der Waals surface area contributed by atoms with Gasteiger partial charge in [-0.05, 0) is 49.3 Å². The smallest absolute Gasteiger partial charge is 0.306 e. The van der Waals surface area contributed by atoms with Crippen LogP contribution in [0.5, 0.6) is 5.75 Å². The van der Waals surface area contributed by atoms with Crippen molar-refractivity contribution < 1.29 is 29.2 Å². The average molecular weight is 524 g/mol. The van der Waals surface area contributed by atoms with Gasteiger partial charge in [-0.15, -0.1) is 11.6 Å². The number of nitrogens with zero attached hydrogens (tertiary/aromatic N) is 1. The lowest BCUT2D eigenvalue weighted by molar-refractivity contribution is -0.144. The molecular weight excluding hydrogens is 482 g/mol. The zero-order valence-corrected chi connectivity index (χ0v) is 22.2. The van der Waals surface area contributed by atoms with Gasteiger partial charge >= 0.3 is 5.97 Å². The van der Waals surface area contributed by atoms with E-state index in [9.17, 15) is 15.0 Å². The number of allylic oxidation sites excluding steroid dienone is 2. The molecule has 36 heavy (non-hydrogen) atoms. The normalized spacial score (nSPS) is 25.8. The summed E-state index contributed by atoms with van der Waals surface area (Å²) in [6, 6.07) is 7.50. The van der Waals surface area contributed by atoms with Crippen molar-refractivity contribution in [3.05, 3.63) is 42.0 Å². The summed E-state index contributed by atoms with van der Waals surface area (Å²) in [6.45, 7) is 6.86. The lowest BCUT2D eigenvalue weighted by atomic mass is 9.92. The summed E-state index contributed by atoms with van der Waals surface area (Å²) in [4.78, 5) is 14.2. The Kier molecular flexibility index (Phi) is 12.5. The van der Waals surface area contributed by atoms with Gasteiger partial charge in [-0.25, -0.2) is 0 Å². The first kappa shape index (κ1) is 28.9. The molecule has 1 aromatic rings. The van der Waals surface area contributed by atoms with Crippen molar-refractivity contribution in [3.8, 4) is 5.75 Å². The number of hydrogen-bond donors (Lipinski definition) is 2. The minimum Gasteiger partial charge on any atom is -0.493 e. The van der Waals surface area contributed by atoms with E-state index in [-0.39, 0.29) is 23.2 Å². The fourth-order valence-corrected chi connectivity index (χ4v) is 5.34. The topological polar surface area (TPSA) is 88.5 Å². The summed E-state index contributed by atoms with van der Waals surface area (Å²) in [6.07, 6.45) is 7.00. The van der Waals surface area contributed by atoms with Crippen molar-refractivity contribution >= 4 is 17.6 Å². The molecule has 1 aliphatic carbocycles. The Balaban J connectivity index is 1.36. The molecule has 2 aliphatic rings. The van der Waals surface area contributed by atoms with Crippen LogP contribution in [0.3, 0.4) is 0 Å². The number of aliphatic hydroxyl groups is 2. The van der Waals surface area contributed by atoms with Crippen molar-refractivity contribution in [2.24, 2.45) is 11.8 Å². The number of ether oxygens (including phenoxy) is 3. The van der Waals surface area contributed by atoms with Crippen LogP contribution in [0.4, 0.5) is 0 Å². The van der Waals surface area contributed by atoms with E-state index in [0.29, 0.717) is 38.2 Å². The molecule has 1 saturated carbocycles. The first-order valence-electron chi connectivity index (χ1n) is 13.3. The number of halogens is 1. The van der Waals surface area contributed by atoms with Crippen molar-refractivity contribution in [2.45, 2.75) is 63.0 Å². The second kappa shape index (κ2) is 15.6. The number of carbonyl (C=O) groups is 1. The van der Waals surface area contributed by atoms with Gasteiger partial charge in [0.2, 0.25) is 0 Å². The maximum atomic E-state index is 12.0. The van der Waals surface area contributed by atoms with Crippen LogP contribution in [0.2, 0.25) is 0 Å². The van der Waals surface area contributed by atoms with E-state index in [1.54, 1.807) is 0 Å². The SMILES string of the molecule is CCCC(O)c1ccc(OC[C@@H]2[C@@H](C/C=C\CCC(=O)OCCN3CCOCC3)[C@H](Cl)C[C@H]2O)cc1. The summed E-state index contributed by atoms with van der Waals surface area (Å²) in [5.74, 6) is 0.574. The average Bonchev–Trinajstić information content (AvgIpc) is 3.15. The highest BCUT2D eigenvalue weighted by Crippen LogP contribution is 2.39. The molecule has 2 N–H and O–H groups in total. The van der Waals surface area contributed by atoms with E-state index in [1.807, 2.05) is 37.3 Å². The minimum atomic E-state index is -0.502. The molecule has 2 fully saturated rings. The number of aliphatic hydroxyl groups excluding tert-OH is 2. The third kappa shape index (κ3) is 9.34. The van der Waals surface area contributed by atoms with Gasteiger partial charge in [-0.1, -0.05) is 37.6 Å². The quantitative estimate of drug-likeness (QED) is 0.215. The maximum absolute atomic E-state index is 12.0. The molecule has 8 heteroatoms. The Hall–Kier alpha value is -1.64. The van der Waals surface area contributed by atoms with E-state index in [2.05, 4.69) is 11.0 Å². The second-order valence-electron chi connectivity index (χ2n) is 9.75. The molecule has 0 radical (unpaired) electrons. The number of benzene rings is 1. The third-order valence-electron chi connectivity index (χ3n) is 7.11. The van der Waals surface area contributed by atoms with Crippen LogP contribution in [-0.4, -0.2) is 78.6 Å². The Morgan fingerprint density at radius 1 is 1.22 bits per heavy atom. The van der Waals surface area contributed by atoms with Gasteiger partial charge in [0.15, 0.2) is 0 Å². The van der Waals surface area contributed by atoms with Crippen LogP contribution in [0, 0.1) is 11.8 Å². The molecule has 1 aliphatic heterocycles. The predicted molar refractivity (Wildman–Crippen MR) is 140 cm³/mol. The first-order valence-corrected chi connectivity index (χ1v) is 13.7. The molecule has 0 amide bonds. The molecule has 7 nitrogen and oxygen atoms in total. The predicted octanol–water partition coefficient (Wildman–Crippen LogP) is 4.11. The van der Waals surface area contributed by atoms with Crippen LogP contribution >= 0.6 is 11.6 Å². The van der Waals surface area contributed by atoms with Gasteiger partial charge in [0.25, 0.3) is 0 Å². The lowest BCUT2D eigenvalue weighted by Crippen LogP contribution is -2.38. The van der Waals surface area contributed by atoms with E-state index in [4.69, 9.17) is 25.8 Å². The summed E-state index contributed by atoms with van der Waals surface area (Å²) in [5, 5.41) is 20.6. The Morgan fingerprint density at radius 3 is 2.69 bits per heavy atom. The Bertz CT molecular complexity index is 798. The molecule has 1 unspecified atom stereocenters. The lowest BCUT2D eigenvalue weighted by Gasteiger charge is -2.26. The van der Waals surface area contributed by atoms with Gasteiger partial charge < -0.3 is 24.4 Å². The Labute approximate surface area is 220 Å². The highest BCUT2D eigenvalue weighted by Gasteiger charge is 2.41. The molecule has 1 aromatic carbocycles. The van der Waals surface area contributed by atoms with Gasteiger partial charge in [0.05, 0.1) is 32.0 Å². The van der Waals surface area contributed by atoms with Crippen LogP contribution in [0.25, 0.3) is 0 Å². The van der Waals surface area contributed by atoms with Crippen molar-refractivity contribution in [2.75, 3.05) is 46.1 Å². The molecule has 1 heterocycles. The Morgan fingerprint density at radius 2 is 1.97 bits per heavy atom. The molecule has 0 spiro atoms. The van der Waals surface area contributed by atoms with Crippen molar-refractivity contribution in [3.63, 3.8) is 0 Å². The molecule has 3 rings (SSSR count). The highest BCUT2D eigenvalue weighted by molar-refractivity contribution is 6.21. The number of carbonyl (C=O) groups excluding carboxylic acids is 1. The number of esters is 1. The summed E-state index contributed by atoms with van der Waals surface area (Å²) >= 11 is 6.56. The standard InChI is InChI=1S/C28H42ClNO6/c1-2-6-26(31)21-9-11-22(12-10-21)36-20-24-23(25(29)19-27(24)32)7-4-3-5-8-28(33)35-18-15-30-13-16-34-17-14-30/h3-4,9-12,23-27,31-32H,2,5-8,13-20H2,1H3/b4-3-/t23-,24-,25-,26?,27-/m1/s1. The van der Waals surface area contributed by atoms with Gasteiger partial charge in [-0.2, -0.15) is 0 Å². The largest absolute Gasteiger partial charge is 0.493 e. The molecule has 0 aromatic heterocycles.